The lowest BCUT2D eigenvalue weighted by Gasteiger charge is -2.18. The normalized spacial score (nSPS) is 10.9. The number of carboxylic acids is 2. The van der Waals surface area contributed by atoms with Gasteiger partial charge < -0.3 is 10.2 Å². The highest BCUT2D eigenvalue weighted by Crippen LogP contribution is 2.22. The first-order valence-corrected chi connectivity index (χ1v) is 4.87. The van der Waals surface area contributed by atoms with Crippen molar-refractivity contribution in [2.24, 2.45) is 11.8 Å². The maximum atomic E-state index is 10.3. The zero-order valence-corrected chi connectivity index (χ0v) is 8.69. The third-order valence-electron chi connectivity index (χ3n) is 2.40. The first kappa shape index (κ1) is 12.9. The van der Waals surface area contributed by atoms with Crippen LogP contribution in [0.1, 0.15) is 39.5 Å². The van der Waals surface area contributed by atoms with Crippen LogP contribution in [0.2, 0.25) is 0 Å². The molecule has 0 aromatic heterocycles. The van der Waals surface area contributed by atoms with Crippen molar-refractivity contribution in [2.45, 2.75) is 39.5 Å². The molecule has 0 aromatic carbocycles. The Bertz CT molecular complexity index is 180. The maximum absolute atomic E-state index is 10.3. The van der Waals surface area contributed by atoms with Crippen molar-refractivity contribution < 1.29 is 19.8 Å². The third-order valence-corrected chi connectivity index (χ3v) is 2.40. The van der Waals surface area contributed by atoms with E-state index in [1.165, 1.54) is 0 Å². The summed E-state index contributed by atoms with van der Waals surface area (Å²) in [5, 5.41) is 17.0. The van der Waals surface area contributed by atoms with E-state index in [0.29, 0.717) is 18.8 Å². The van der Waals surface area contributed by atoms with E-state index in [2.05, 4.69) is 0 Å². The lowest BCUT2D eigenvalue weighted by molar-refractivity contribution is -0.137. The molecular weight excluding hydrogens is 184 g/mol. The summed E-state index contributed by atoms with van der Waals surface area (Å²) in [6.07, 6.45) is 1.39. The molecule has 0 fully saturated rings. The van der Waals surface area contributed by atoms with Crippen molar-refractivity contribution >= 4 is 11.9 Å². The predicted octanol–water partition coefficient (Wildman–Crippen LogP) is 1.99. The molecule has 0 amide bonds. The predicted molar refractivity (Wildman–Crippen MR) is 52.1 cm³/mol. The number of aliphatic carboxylic acids is 2. The highest BCUT2D eigenvalue weighted by Gasteiger charge is 2.15. The first-order chi connectivity index (χ1) is 6.43. The molecule has 0 aromatic rings. The molecule has 0 aliphatic heterocycles. The summed E-state index contributed by atoms with van der Waals surface area (Å²) in [6, 6.07) is 0. The van der Waals surface area contributed by atoms with Crippen molar-refractivity contribution in [3.8, 4) is 0 Å². The van der Waals surface area contributed by atoms with Crippen LogP contribution in [0, 0.1) is 11.8 Å². The second kappa shape index (κ2) is 6.40. The Kier molecular flexibility index (Phi) is 5.92. The highest BCUT2D eigenvalue weighted by atomic mass is 16.4. The molecule has 0 unspecified atom stereocenters. The number of carbonyl (C=O) groups is 2. The number of rotatable bonds is 7. The zero-order chi connectivity index (χ0) is 11.1. The van der Waals surface area contributed by atoms with Crippen LogP contribution in [0.4, 0.5) is 0 Å². The fourth-order valence-electron chi connectivity index (χ4n) is 1.43. The van der Waals surface area contributed by atoms with Crippen LogP contribution in [-0.2, 0) is 9.59 Å². The summed E-state index contributed by atoms with van der Waals surface area (Å²) in [7, 11) is 0. The van der Waals surface area contributed by atoms with E-state index in [1.54, 1.807) is 0 Å². The van der Waals surface area contributed by atoms with E-state index in [9.17, 15) is 9.59 Å². The molecule has 0 aliphatic carbocycles. The van der Waals surface area contributed by atoms with Crippen molar-refractivity contribution in [3.63, 3.8) is 0 Å². The van der Waals surface area contributed by atoms with Gasteiger partial charge in [-0.1, -0.05) is 13.8 Å². The molecule has 0 saturated heterocycles. The van der Waals surface area contributed by atoms with Crippen LogP contribution >= 0.6 is 0 Å². The Morgan fingerprint density at radius 3 is 1.57 bits per heavy atom. The minimum absolute atomic E-state index is 0.127. The van der Waals surface area contributed by atoms with Gasteiger partial charge in [-0.05, 0) is 24.7 Å². The monoisotopic (exact) mass is 202 g/mol. The van der Waals surface area contributed by atoms with E-state index in [-0.39, 0.29) is 18.8 Å². The molecule has 14 heavy (non-hydrogen) atoms. The number of hydrogen-bond donors (Lipinski definition) is 2. The summed E-state index contributed by atoms with van der Waals surface area (Å²) in [4.78, 5) is 20.7. The van der Waals surface area contributed by atoms with Crippen molar-refractivity contribution in [2.75, 3.05) is 0 Å². The van der Waals surface area contributed by atoms with E-state index in [0.717, 1.165) is 0 Å². The van der Waals surface area contributed by atoms with Crippen molar-refractivity contribution in [1.29, 1.82) is 0 Å². The van der Waals surface area contributed by atoms with Gasteiger partial charge in [0.15, 0.2) is 0 Å². The Morgan fingerprint density at radius 2 is 1.36 bits per heavy atom. The summed E-state index contributed by atoms with van der Waals surface area (Å²) in [5.41, 5.74) is 0. The molecule has 0 aliphatic rings. The van der Waals surface area contributed by atoms with E-state index in [4.69, 9.17) is 10.2 Å². The van der Waals surface area contributed by atoms with Gasteiger partial charge in [0, 0.05) is 12.8 Å². The van der Waals surface area contributed by atoms with Gasteiger partial charge in [0.1, 0.15) is 0 Å². The summed E-state index contributed by atoms with van der Waals surface area (Å²) in [5.74, 6) is -1.09. The number of hydrogen-bond acceptors (Lipinski definition) is 2. The average molecular weight is 202 g/mol. The van der Waals surface area contributed by atoms with Gasteiger partial charge in [0.2, 0.25) is 0 Å². The molecule has 0 radical (unpaired) electrons. The van der Waals surface area contributed by atoms with Crippen LogP contribution in [-0.4, -0.2) is 22.2 Å². The molecule has 0 saturated carbocycles. The highest BCUT2D eigenvalue weighted by molar-refractivity contribution is 5.67. The second-order valence-corrected chi connectivity index (χ2v) is 3.87. The Balaban J connectivity index is 3.89. The molecule has 0 heterocycles. The van der Waals surface area contributed by atoms with Crippen LogP contribution in [0.5, 0.6) is 0 Å². The number of carboxylic acid groups (broad SMARTS) is 2. The molecular formula is C10H18O4. The van der Waals surface area contributed by atoms with E-state index in [1.807, 2.05) is 13.8 Å². The Hall–Kier alpha value is -1.06. The fourth-order valence-corrected chi connectivity index (χ4v) is 1.43. The minimum Gasteiger partial charge on any atom is -0.481 e. The van der Waals surface area contributed by atoms with Gasteiger partial charge in [-0.25, -0.2) is 0 Å². The van der Waals surface area contributed by atoms with Crippen LogP contribution < -0.4 is 0 Å². The lowest BCUT2D eigenvalue weighted by Crippen LogP contribution is -2.12. The minimum atomic E-state index is -0.814. The summed E-state index contributed by atoms with van der Waals surface area (Å²) < 4.78 is 0. The van der Waals surface area contributed by atoms with Crippen molar-refractivity contribution in [3.05, 3.63) is 0 Å². The average Bonchev–Trinajstić information content (AvgIpc) is 2.02. The fraction of sp³-hybridized carbons (Fsp3) is 0.800. The van der Waals surface area contributed by atoms with Gasteiger partial charge in [-0.15, -0.1) is 0 Å². The van der Waals surface area contributed by atoms with E-state index >= 15 is 0 Å². The molecule has 2 N–H and O–H groups in total. The quantitative estimate of drug-likeness (QED) is 0.662. The molecule has 0 atom stereocenters. The second-order valence-electron chi connectivity index (χ2n) is 3.87. The van der Waals surface area contributed by atoms with Crippen LogP contribution in [0.3, 0.4) is 0 Å². The standard InChI is InChI=1S/C10H18O4/c1-7(2)8(3-5-9(11)12)4-6-10(13)14/h7-8H,3-6H2,1-2H3,(H,11,12)(H,13,14). The molecule has 0 bridgehead atoms. The van der Waals surface area contributed by atoms with Gasteiger partial charge in [0.05, 0.1) is 0 Å². The maximum Gasteiger partial charge on any atom is 0.303 e. The Morgan fingerprint density at radius 1 is 1.00 bits per heavy atom. The largest absolute Gasteiger partial charge is 0.481 e. The van der Waals surface area contributed by atoms with Crippen molar-refractivity contribution in [1.82, 2.24) is 0 Å². The molecule has 0 rings (SSSR count). The first-order valence-electron chi connectivity index (χ1n) is 4.87. The SMILES string of the molecule is CC(C)C(CCC(=O)O)CCC(=O)O. The van der Waals surface area contributed by atoms with Crippen LogP contribution in [0.15, 0.2) is 0 Å². The van der Waals surface area contributed by atoms with Gasteiger partial charge >= 0.3 is 11.9 Å². The lowest BCUT2D eigenvalue weighted by atomic mass is 9.87. The zero-order valence-electron chi connectivity index (χ0n) is 8.69. The third kappa shape index (κ3) is 6.46. The Labute approximate surface area is 83.9 Å². The van der Waals surface area contributed by atoms with Gasteiger partial charge in [-0.2, -0.15) is 0 Å². The van der Waals surface area contributed by atoms with Gasteiger partial charge in [0.25, 0.3) is 0 Å². The van der Waals surface area contributed by atoms with E-state index < -0.39 is 11.9 Å². The molecule has 0 spiro atoms. The topological polar surface area (TPSA) is 74.6 Å². The molecule has 4 heteroatoms. The summed E-state index contributed by atoms with van der Waals surface area (Å²) in [6.45, 7) is 3.99. The summed E-state index contributed by atoms with van der Waals surface area (Å²) >= 11 is 0. The smallest absolute Gasteiger partial charge is 0.303 e. The molecule has 4 nitrogen and oxygen atoms in total. The van der Waals surface area contributed by atoms with Gasteiger partial charge in [-0.3, -0.25) is 9.59 Å². The molecule has 82 valence electrons. The van der Waals surface area contributed by atoms with Crippen LogP contribution in [0.25, 0.3) is 0 Å².